The molecule has 0 bridgehead atoms. The van der Waals surface area contributed by atoms with Crippen molar-refractivity contribution in [2.24, 2.45) is 0 Å². The largest absolute Gasteiger partial charge is 0.480 e. The van der Waals surface area contributed by atoms with Crippen LogP contribution in [-0.2, 0) is 4.79 Å². The minimum atomic E-state index is -1.58. The molecule has 0 radical (unpaired) electrons. The summed E-state index contributed by atoms with van der Waals surface area (Å²) in [6.07, 6.45) is 0. The highest BCUT2D eigenvalue weighted by Crippen LogP contribution is 2.26. The van der Waals surface area contributed by atoms with E-state index < -0.39 is 35.2 Å². The summed E-state index contributed by atoms with van der Waals surface area (Å²) in [5.41, 5.74) is -1.03. The maximum atomic E-state index is 14.0. The summed E-state index contributed by atoms with van der Waals surface area (Å²) >= 11 is 0. The molecule has 1 aromatic rings. The van der Waals surface area contributed by atoms with Crippen LogP contribution in [0.25, 0.3) is 0 Å². The number of hydrogen-bond donors (Lipinski definition) is 3. The van der Waals surface area contributed by atoms with Crippen LogP contribution in [0, 0.1) is 11.6 Å². The molecule has 0 saturated carbocycles. The molecule has 1 aromatic carbocycles. The first kappa shape index (κ1) is 14.2. The van der Waals surface area contributed by atoms with Crippen LogP contribution < -0.4 is 10.2 Å². The third-order valence-corrected chi connectivity index (χ3v) is 3.13. The van der Waals surface area contributed by atoms with E-state index in [1.807, 2.05) is 0 Å². The van der Waals surface area contributed by atoms with Crippen LogP contribution in [0.2, 0.25) is 0 Å². The zero-order valence-electron chi connectivity index (χ0n) is 10.3. The normalized spacial score (nSPS) is 18.9. The zero-order valence-corrected chi connectivity index (χ0v) is 10.3. The number of hydrogen-bond acceptors (Lipinski definition) is 4. The van der Waals surface area contributed by atoms with Crippen molar-refractivity contribution in [2.75, 3.05) is 24.5 Å². The van der Waals surface area contributed by atoms with E-state index in [-0.39, 0.29) is 18.8 Å². The molecule has 20 heavy (non-hydrogen) atoms. The van der Waals surface area contributed by atoms with Gasteiger partial charge in [0.25, 0.3) is 0 Å². The van der Waals surface area contributed by atoms with Gasteiger partial charge in [-0.05, 0) is 12.1 Å². The molecule has 0 spiro atoms. The molecule has 108 valence electrons. The molecule has 2 rings (SSSR count). The van der Waals surface area contributed by atoms with Crippen LogP contribution in [0.4, 0.5) is 14.5 Å². The van der Waals surface area contributed by atoms with Crippen molar-refractivity contribution in [1.82, 2.24) is 5.32 Å². The number of rotatable bonds is 3. The van der Waals surface area contributed by atoms with Gasteiger partial charge in [0, 0.05) is 19.6 Å². The lowest BCUT2D eigenvalue weighted by Gasteiger charge is -2.35. The summed E-state index contributed by atoms with van der Waals surface area (Å²) in [5, 5.41) is 20.6. The average Bonchev–Trinajstić information content (AvgIpc) is 2.41. The number of carbonyl (C=O) groups is 2. The van der Waals surface area contributed by atoms with Crippen molar-refractivity contribution in [2.45, 2.75) is 6.04 Å². The lowest BCUT2D eigenvalue weighted by Crippen LogP contribution is -2.55. The minimum Gasteiger partial charge on any atom is -0.480 e. The van der Waals surface area contributed by atoms with Crippen LogP contribution in [0.3, 0.4) is 0 Å². The highest BCUT2D eigenvalue weighted by atomic mass is 19.2. The van der Waals surface area contributed by atoms with Crippen molar-refractivity contribution in [3.63, 3.8) is 0 Å². The predicted molar refractivity (Wildman–Crippen MR) is 65.0 cm³/mol. The average molecular weight is 286 g/mol. The molecule has 0 aliphatic carbocycles. The van der Waals surface area contributed by atoms with Gasteiger partial charge in [-0.2, -0.15) is 0 Å². The first-order chi connectivity index (χ1) is 9.43. The monoisotopic (exact) mass is 286 g/mol. The third-order valence-electron chi connectivity index (χ3n) is 3.13. The Kier molecular flexibility index (Phi) is 3.84. The number of benzene rings is 1. The number of halogens is 2. The number of nitrogens with zero attached hydrogens (tertiary/aromatic N) is 1. The van der Waals surface area contributed by atoms with E-state index >= 15 is 0 Å². The van der Waals surface area contributed by atoms with E-state index in [1.165, 1.54) is 4.90 Å². The van der Waals surface area contributed by atoms with Crippen LogP contribution in [-0.4, -0.2) is 47.8 Å². The maximum Gasteiger partial charge on any atom is 0.338 e. The number of aromatic carboxylic acids is 1. The highest BCUT2D eigenvalue weighted by Gasteiger charge is 2.31. The van der Waals surface area contributed by atoms with Crippen molar-refractivity contribution < 1.29 is 28.6 Å². The lowest BCUT2D eigenvalue weighted by atomic mass is 10.1. The molecule has 1 atom stereocenters. The van der Waals surface area contributed by atoms with Crippen molar-refractivity contribution in [3.05, 3.63) is 29.3 Å². The Labute approximate surface area is 112 Å². The number of carboxylic acids is 2. The number of nitrogens with one attached hydrogen (secondary N) is 1. The molecular formula is C12H12F2N2O4. The van der Waals surface area contributed by atoms with Crippen molar-refractivity contribution in [1.29, 1.82) is 0 Å². The summed E-state index contributed by atoms with van der Waals surface area (Å²) < 4.78 is 27.6. The number of anilines is 1. The Morgan fingerprint density at radius 2 is 1.95 bits per heavy atom. The quantitative estimate of drug-likeness (QED) is 0.751. The molecule has 0 amide bonds. The summed E-state index contributed by atoms with van der Waals surface area (Å²) in [4.78, 5) is 23.0. The predicted octanol–water partition coefficient (Wildman–Crippen LogP) is 0.526. The molecule has 1 aliphatic rings. The molecular weight excluding hydrogens is 274 g/mol. The van der Waals surface area contributed by atoms with Gasteiger partial charge in [0.05, 0.1) is 11.3 Å². The molecule has 8 heteroatoms. The molecule has 0 aromatic heterocycles. The van der Waals surface area contributed by atoms with Gasteiger partial charge < -0.3 is 20.4 Å². The van der Waals surface area contributed by atoms with Crippen molar-refractivity contribution in [3.8, 4) is 0 Å². The summed E-state index contributed by atoms with van der Waals surface area (Å²) in [5.74, 6) is -5.59. The Morgan fingerprint density at radius 1 is 1.25 bits per heavy atom. The van der Waals surface area contributed by atoms with E-state index in [1.54, 1.807) is 0 Å². The second-order valence-electron chi connectivity index (χ2n) is 4.32. The standard InChI is InChI=1S/C12H12F2N2O4/c13-9-6(11(17)18)1-2-7(10(9)14)16-4-3-15-5-8(16)12(19)20/h1-2,8,15H,3-5H2,(H,17,18)(H,19,20). The van der Waals surface area contributed by atoms with E-state index in [4.69, 9.17) is 10.2 Å². The van der Waals surface area contributed by atoms with E-state index in [9.17, 15) is 18.4 Å². The first-order valence-electron chi connectivity index (χ1n) is 5.85. The Hall–Kier alpha value is -2.22. The second-order valence-corrected chi connectivity index (χ2v) is 4.32. The maximum absolute atomic E-state index is 14.0. The van der Waals surface area contributed by atoms with Gasteiger partial charge in [0.2, 0.25) is 0 Å². The van der Waals surface area contributed by atoms with Gasteiger partial charge in [0.1, 0.15) is 6.04 Å². The summed E-state index contributed by atoms with van der Waals surface area (Å²) in [6.45, 7) is 0.697. The fraction of sp³-hybridized carbons (Fsp3) is 0.333. The van der Waals surface area contributed by atoms with Crippen LogP contribution >= 0.6 is 0 Å². The first-order valence-corrected chi connectivity index (χ1v) is 5.85. The smallest absolute Gasteiger partial charge is 0.338 e. The second kappa shape index (κ2) is 5.41. The molecule has 1 aliphatic heterocycles. The number of aliphatic carboxylic acids is 1. The van der Waals surface area contributed by atoms with Crippen LogP contribution in [0.15, 0.2) is 12.1 Å². The Morgan fingerprint density at radius 3 is 2.55 bits per heavy atom. The molecule has 1 saturated heterocycles. The van der Waals surface area contributed by atoms with E-state index in [0.717, 1.165) is 12.1 Å². The van der Waals surface area contributed by atoms with Crippen LogP contribution in [0.1, 0.15) is 10.4 Å². The van der Waals surface area contributed by atoms with Gasteiger partial charge in [0.15, 0.2) is 11.6 Å². The molecule has 1 fully saturated rings. The Bertz CT molecular complexity index is 565. The van der Waals surface area contributed by atoms with Gasteiger partial charge >= 0.3 is 11.9 Å². The summed E-state index contributed by atoms with van der Waals surface area (Å²) in [6, 6.07) is 0.980. The zero-order chi connectivity index (χ0) is 14.9. The highest BCUT2D eigenvalue weighted by molar-refractivity contribution is 5.89. The SMILES string of the molecule is O=C(O)c1ccc(N2CCNCC2C(=O)O)c(F)c1F. The minimum absolute atomic E-state index is 0.0943. The van der Waals surface area contributed by atoms with Crippen molar-refractivity contribution >= 4 is 17.6 Å². The van der Waals surface area contributed by atoms with E-state index in [2.05, 4.69) is 5.32 Å². The summed E-state index contributed by atoms with van der Waals surface area (Å²) in [7, 11) is 0. The molecule has 1 heterocycles. The van der Waals surface area contributed by atoms with Gasteiger partial charge in [-0.3, -0.25) is 0 Å². The Balaban J connectivity index is 2.44. The lowest BCUT2D eigenvalue weighted by molar-refractivity contribution is -0.138. The van der Waals surface area contributed by atoms with Gasteiger partial charge in [-0.15, -0.1) is 0 Å². The fourth-order valence-corrected chi connectivity index (χ4v) is 2.14. The van der Waals surface area contributed by atoms with Crippen LogP contribution in [0.5, 0.6) is 0 Å². The van der Waals surface area contributed by atoms with E-state index in [0.29, 0.717) is 6.54 Å². The van der Waals surface area contributed by atoms with Gasteiger partial charge in [-0.1, -0.05) is 0 Å². The number of carboxylic acid groups (broad SMARTS) is 2. The molecule has 3 N–H and O–H groups in total. The third kappa shape index (κ3) is 2.42. The molecule has 1 unspecified atom stereocenters. The number of piperazine rings is 1. The topological polar surface area (TPSA) is 89.9 Å². The molecule has 6 nitrogen and oxygen atoms in total. The van der Waals surface area contributed by atoms with Gasteiger partial charge in [-0.25, -0.2) is 18.4 Å². The fourth-order valence-electron chi connectivity index (χ4n) is 2.14.